The van der Waals surface area contributed by atoms with Gasteiger partial charge in [0.2, 0.25) is 0 Å². The van der Waals surface area contributed by atoms with Gasteiger partial charge in [-0.1, -0.05) is 89.2 Å². The van der Waals surface area contributed by atoms with E-state index < -0.39 is 0 Å². The van der Waals surface area contributed by atoms with Crippen LogP contribution in [0.4, 0.5) is 0 Å². The van der Waals surface area contributed by atoms with Crippen LogP contribution in [-0.4, -0.2) is 6.04 Å². The van der Waals surface area contributed by atoms with Crippen molar-refractivity contribution in [1.29, 1.82) is 0 Å². The van der Waals surface area contributed by atoms with Gasteiger partial charge < -0.3 is 0 Å². The minimum atomic E-state index is 0.0214. The molecule has 0 fully saturated rings. The molecule has 0 N–H and O–H groups in total. The first-order valence-corrected chi connectivity index (χ1v) is 8.13. The van der Waals surface area contributed by atoms with Crippen molar-refractivity contribution in [2.24, 2.45) is 5.18 Å². The van der Waals surface area contributed by atoms with Gasteiger partial charge in [0.15, 0.2) is 0 Å². The first-order chi connectivity index (χ1) is 8.81. The third-order valence-corrected chi connectivity index (χ3v) is 3.66. The normalized spacial score (nSPS) is 12.6. The van der Waals surface area contributed by atoms with Crippen LogP contribution in [0.5, 0.6) is 0 Å². The highest BCUT2D eigenvalue weighted by molar-refractivity contribution is 4.58. The summed E-state index contributed by atoms with van der Waals surface area (Å²) < 4.78 is 0. The second kappa shape index (κ2) is 14.7. The van der Waals surface area contributed by atoms with E-state index >= 15 is 0 Å². The van der Waals surface area contributed by atoms with Crippen molar-refractivity contribution in [1.82, 2.24) is 0 Å². The Balaban J connectivity index is 2.96. The Labute approximate surface area is 114 Å². The molecule has 0 aromatic rings. The van der Waals surface area contributed by atoms with Crippen molar-refractivity contribution < 1.29 is 0 Å². The Morgan fingerprint density at radius 2 is 1.11 bits per heavy atom. The number of rotatable bonds is 14. The van der Waals surface area contributed by atoms with Crippen LogP contribution in [0.3, 0.4) is 0 Å². The molecule has 2 nitrogen and oxygen atoms in total. The highest BCUT2D eigenvalue weighted by Gasteiger charge is 1.99. The zero-order chi connectivity index (χ0) is 13.5. The number of hydrogen-bond donors (Lipinski definition) is 0. The maximum atomic E-state index is 10.2. The summed E-state index contributed by atoms with van der Waals surface area (Å²) in [7, 11) is 0. The lowest BCUT2D eigenvalue weighted by Crippen LogP contribution is -1.95. The molecule has 0 saturated carbocycles. The molecule has 0 saturated heterocycles. The lowest BCUT2D eigenvalue weighted by atomic mass is 10.0. The van der Waals surface area contributed by atoms with Crippen molar-refractivity contribution in [2.75, 3.05) is 0 Å². The van der Waals surface area contributed by atoms with Crippen LogP contribution in [-0.2, 0) is 0 Å². The van der Waals surface area contributed by atoms with Gasteiger partial charge in [0.1, 0.15) is 0 Å². The molecule has 0 bridgehead atoms. The summed E-state index contributed by atoms with van der Waals surface area (Å²) in [6.45, 7) is 4.18. The van der Waals surface area contributed by atoms with Gasteiger partial charge in [-0.25, -0.2) is 0 Å². The molecule has 1 unspecified atom stereocenters. The molecule has 108 valence electrons. The first kappa shape index (κ1) is 17.6. The molecular weight excluding hydrogens is 222 g/mol. The van der Waals surface area contributed by atoms with Crippen molar-refractivity contribution in [2.45, 2.75) is 103 Å². The Bertz CT molecular complexity index is 170. The van der Waals surface area contributed by atoms with Gasteiger partial charge in [-0.15, -0.1) is 0 Å². The molecule has 0 aromatic heterocycles. The average molecular weight is 255 g/mol. The quantitative estimate of drug-likeness (QED) is 0.267. The second-order valence-electron chi connectivity index (χ2n) is 5.63. The molecular formula is C16H33NO. The van der Waals surface area contributed by atoms with Crippen LogP contribution in [0.15, 0.2) is 5.18 Å². The van der Waals surface area contributed by atoms with Gasteiger partial charge in [-0.2, -0.15) is 4.91 Å². The fourth-order valence-corrected chi connectivity index (χ4v) is 2.33. The smallest absolute Gasteiger partial charge is 0.0891 e. The molecule has 0 rings (SSSR count). The molecule has 0 aliphatic heterocycles. The van der Waals surface area contributed by atoms with Gasteiger partial charge in [0.05, 0.1) is 6.04 Å². The van der Waals surface area contributed by atoms with Crippen LogP contribution in [0, 0.1) is 4.91 Å². The standard InChI is InChI=1S/C16H33NO/c1-3-4-5-6-7-8-9-10-11-12-13-14-15-16(2)17-18/h16H,3-15H2,1-2H3. The Hall–Kier alpha value is -0.400. The van der Waals surface area contributed by atoms with E-state index in [4.69, 9.17) is 0 Å². The average Bonchev–Trinajstić information content (AvgIpc) is 2.39. The van der Waals surface area contributed by atoms with E-state index in [1.165, 1.54) is 77.0 Å². The SMILES string of the molecule is CCCCCCCCCCCCCCC(C)N=O. The highest BCUT2D eigenvalue weighted by Crippen LogP contribution is 2.13. The van der Waals surface area contributed by atoms with E-state index in [1.807, 2.05) is 6.92 Å². The van der Waals surface area contributed by atoms with E-state index in [0.29, 0.717) is 0 Å². The topological polar surface area (TPSA) is 29.4 Å². The van der Waals surface area contributed by atoms with E-state index in [9.17, 15) is 4.91 Å². The van der Waals surface area contributed by atoms with Crippen LogP contribution >= 0.6 is 0 Å². The third-order valence-electron chi connectivity index (χ3n) is 3.66. The van der Waals surface area contributed by atoms with Crippen molar-refractivity contribution in [3.05, 3.63) is 4.91 Å². The summed E-state index contributed by atoms with van der Waals surface area (Å²) >= 11 is 0. The predicted octanol–water partition coefficient (Wildman–Crippen LogP) is 6.23. The van der Waals surface area contributed by atoms with Gasteiger partial charge in [0.25, 0.3) is 0 Å². The molecule has 0 aliphatic rings. The monoisotopic (exact) mass is 255 g/mol. The molecule has 0 heterocycles. The summed E-state index contributed by atoms with van der Waals surface area (Å²) in [6.07, 6.45) is 17.4. The van der Waals surface area contributed by atoms with E-state index in [1.54, 1.807) is 0 Å². The van der Waals surface area contributed by atoms with Gasteiger partial charge >= 0.3 is 0 Å². The van der Waals surface area contributed by atoms with Crippen molar-refractivity contribution in [3.63, 3.8) is 0 Å². The van der Waals surface area contributed by atoms with Crippen LogP contribution in [0.1, 0.15) is 97.3 Å². The second-order valence-corrected chi connectivity index (χ2v) is 5.63. The summed E-state index contributed by atoms with van der Waals surface area (Å²) in [4.78, 5) is 10.2. The summed E-state index contributed by atoms with van der Waals surface area (Å²) in [5, 5.41) is 3.03. The molecule has 2 heteroatoms. The zero-order valence-electron chi connectivity index (χ0n) is 12.6. The Morgan fingerprint density at radius 1 is 0.722 bits per heavy atom. The zero-order valence-corrected chi connectivity index (χ0v) is 12.6. The third kappa shape index (κ3) is 13.7. The molecule has 0 amide bonds. The molecule has 1 atom stereocenters. The van der Waals surface area contributed by atoms with E-state index in [-0.39, 0.29) is 6.04 Å². The lowest BCUT2D eigenvalue weighted by molar-refractivity contribution is 0.527. The number of unbranched alkanes of at least 4 members (excludes halogenated alkanes) is 11. The number of nitrogens with zero attached hydrogens (tertiary/aromatic N) is 1. The molecule has 0 aliphatic carbocycles. The van der Waals surface area contributed by atoms with E-state index in [0.717, 1.165) is 6.42 Å². The van der Waals surface area contributed by atoms with E-state index in [2.05, 4.69) is 12.1 Å². The number of nitroso groups, excluding NO2 is 1. The van der Waals surface area contributed by atoms with Crippen LogP contribution in [0.25, 0.3) is 0 Å². The van der Waals surface area contributed by atoms with Crippen LogP contribution < -0.4 is 0 Å². The largest absolute Gasteiger partial charge is 0.151 e. The summed E-state index contributed by atoms with van der Waals surface area (Å²) in [5.41, 5.74) is 0. The Morgan fingerprint density at radius 3 is 1.50 bits per heavy atom. The Kier molecular flexibility index (Phi) is 14.3. The minimum Gasteiger partial charge on any atom is -0.151 e. The van der Waals surface area contributed by atoms with Gasteiger partial charge in [-0.05, 0) is 13.3 Å². The van der Waals surface area contributed by atoms with Crippen LogP contribution in [0.2, 0.25) is 0 Å². The van der Waals surface area contributed by atoms with Gasteiger partial charge in [0, 0.05) is 0 Å². The molecule has 0 radical (unpaired) electrons. The fourth-order valence-electron chi connectivity index (χ4n) is 2.33. The highest BCUT2D eigenvalue weighted by atomic mass is 16.3. The van der Waals surface area contributed by atoms with Crippen molar-refractivity contribution >= 4 is 0 Å². The first-order valence-electron chi connectivity index (χ1n) is 8.13. The summed E-state index contributed by atoms with van der Waals surface area (Å²) in [5.74, 6) is 0. The predicted molar refractivity (Wildman–Crippen MR) is 81.0 cm³/mol. The molecule has 0 aromatic carbocycles. The summed E-state index contributed by atoms with van der Waals surface area (Å²) in [6, 6.07) is 0.0214. The lowest BCUT2D eigenvalue weighted by Gasteiger charge is -2.03. The molecule has 18 heavy (non-hydrogen) atoms. The minimum absolute atomic E-state index is 0.0214. The van der Waals surface area contributed by atoms with Gasteiger partial charge in [-0.3, -0.25) is 0 Å². The van der Waals surface area contributed by atoms with Crippen molar-refractivity contribution in [3.8, 4) is 0 Å². The molecule has 0 spiro atoms. The number of hydrogen-bond acceptors (Lipinski definition) is 2. The maximum absolute atomic E-state index is 10.2. The fraction of sp³-hybridized carbons (Fsp3) is 1.00. The maximum Gasteiger partial charge on any atom is 0.0891 e.